The Labute approximate surface area is 195 Å². The molecule has 0 atom stereocenters. The lowest BCUT2D eigenvalue weighted by Gasteiger charge is -2.14. The van der Waals surface area contributed by atoms with E-state index in [4.69, 9.17) is 11.6 Å². The van der Waals surface area contributed by atoms with Crippen molar-refractivity contribution in [3.63, 3.8) is 0 Å². The second-order valence-corrected chi connectivity index (χ2v) is 8.28. The minimum atomic E-state index is -0.569. The summed E-state index contributed by atoms with van der Waals surface area (Å²) >= 11 is 6.24. The molecular weight excluding hydrogens is 442 g/mol. The van der Waals surface area contributed by atoms with Gasteiger partial charge in [-0.3, -0.25) is 23.4 Å². The van der Waals surface area contributed by atoms with E-state index in [-0.39, 0.29) is 13.1 Å². The molecule has 0 aliphatic rings. The highest BCUT2D eigenvalue weighted by Gasteiger charge is 2.22. The highest BCUT2D eigenvalue weighted by molar-refractivity contribution is 6.33. The standard InChI is InChI=1S/C24H24ClN5O3/c1-4-30-22-21(16(3)27-30)28(14-20(31)26-19-11-10-15(2)12-18(19)25)24(33)29(23(22)32)13-17-8-6-5-7-9-17/h5-12H,4,13-14H2,1-3H3,(H,26,31). The van der Waals surface area contributed by atoms with Crippen LogP contribution >= 0.6 is 11.6 Å². The zero-order valence-corrected chi connectivity index (χ0v) is 19.4. The van der Waals surface area contributed by atoms with Crippen LogP contribution in [0.15, 0.2) is 58.1 Å². The quantitative estimate of drug-likeness (QED) is 0.473. The van der Waals surface area contributed by atoms with Crippen molar-refractivity contribution in [1.82, 2.24) is 18.9 Å². The van der Waals surface area contributed by atoms with Gasteiger partial charge in [-0.1, -0.05) is 48.0 Å². The minimum Gasteiger partial charge on any atom is -0.323 e. The van der Waals surface area contributed by atoms with Gasteiger partial charge in [-0.15, -0.1) is 0 Å². The Hall–Kier alpha value is -3.65. The van der Waals surface area contributed by atoms with Gasteiger partial charge in [0.1, 0.15) is 12.1 Å². The van der Waals surface area contributed by atoms with E-state index in [1.807, 2.05) is 50.2 Å². The molecular formula is C24H24ClN5O3. The molecule has 2 heterocycles. The van der Waals surface area contributed by atoms with E-state index in [9.17, 15) is 14.4 Å². The number of aryl methyl sites for hydroxylation is 3. The van der Waals surface area contributed by atoms with E-state index < -0.39 is 17.2 Å². The van der Waals surface area contributed by atoms with Crippen molar-refractivity contribution < 1.29 is 4.79 Å². The van der Waals surface area contributed by atoms with Gasteiger partial charge < -0.3 is 5.32 Å². The molecule has 0 radical (unpaired) electrons. The van der Waals surface area contributed by atoms with Crippen molar-refractivity contribution in [2.24, 2.45) is 0 Å². The number of aromatic nitrogens is 4. The third kappa shape index (κ3) is 4.34. The van der Waals surface area contributed by atoms with Crippen molar-refractivity contribution in [2.75, 3.05) is 5.32 Å². The summed E-state index contributed by atoms with van der Waals surface area (Å²) in [7, 11) is 0. The number of benzene rings is 2. The van der Waals surface area contributed by atoms with E-state index >= 15 is 0 Å². The molecule has 33 heavy (non-hydrogen) atoms. The summed E-state index contributed by atoms with van der Waals surface area (Å²) in [6.07, 6.45) is 0. The molecule has 0 aliphatic heterocycles. The summed E-state index contributed by atoms with van der Waals surface area (Å²) in [6.45, 7) is 5.75. The van der Waals surface area contributed by atoms with E-state index in [0.29, 0.717) is 34.0 Å². The van der Waals surface area contributed by atoms with Gasteiger partial charge in [0.2, 0.25) is 5.91 Å². The van der Waals surface area contributed by atoms with Gasteiger partial charge in [0.15, 0.2) is 5.52 Å². The van der Waals surface area contributed by atoms with Gasteiger partial charge in [0, 0.05) is 6.54 Å². The molecule has 2 aromatic heterocycles. The molecule has 1 amide bonds. The van der Waals surface area contributed by atoms with E-state index in [1.54, 1.807) is 23.7 Å². The van der Waals surface area contributed by atoms with Crippen LogP contribution in [-0.2, 0) is 24.4 Å². The first-order valence-corrected chi connectivity index (χ1v) is 11.0. The fourth-order valence-electron chi connectivity index (χ4n) is 3.90. The number of rotatable bonds is 6. The highest BCUT2D eigenvalue weighted by atomic mass is 35.5. The summed E-state index contributed by atoms with van der Waals surface area (Å²) in [6, 6.07) is 14.5. The molecule has 0 fully saturated rings. The van der Waals surface area contributed by atoms with Crippen LogP contribution in [0.4, 0.5) is 5.69 Å². The summed E-state index contributed by atoms with van der Waals surface area (Å²) < 4.78 is 4.03. The lowest BCUT2D eigenvalue weighted by molar-refractivity contribution is -0.116. The molecule has 0 spiro atoms. The van der Waals surface area contributed by atoms with Crippen molar-refractivity contribution in [2.45, 2.75) is 40.4 Å². The van der Waals surface area contributed by atoms with Crippen LogP contribution in [0.2, 0.25) is 5.02 Å². The summed E-state index contributed by atoms with van der Waals surface area (Å²) in [5, 5.41) is 7.59. The Morgan fingerprint density at radius 3 is 2.42 bits per heavy atom. The molecule has 4 aromatic rings. The van der Waals surface area contributed by atoms with Crippen LogP contribution in [0, 0.1) is 13.8 Å². The first-order valence-electron chi connectivity index (χ1n) is 10.6. The number of hydrogen-bond donors (Lipinski definition) is 1. The number of carbonyl (C=O) groups is 1. The fourth-order valence-corrected chi connectivity index (χ4v) is 4.18. The van der Waals surface area contributed by atoms with Crippen molar-refractivity contribution in [1.29, 1.82) is 0 Å². The fraction of sp³-hybridized carbons (Fsp3) is 0.250. The number of hydrogen-bond acceptors (Lipinski definition) is 4. The van der Waals surface area contributed by atoms with E-state index in [2.05, 4.69) is 10.4 Å². The van der Waals surface area contributed by atoms with Gasteiger partial charge >= 0.3 is 5.69 Å². The zero-order chi connectivity index (χ0) is 23.7. The molecule has 0 saturated heterocycles. The molecule has 0 unspecified atom stereocenters. The van der Waals surface area contributed by atoms with Crippen LogP contribution in [0.1, 0.15) is 23.7 Å². The summed E-state index contributed by atoms with van der Waals surface area (Å²) in [5.41, 5.74) is 2.39. The lowest BCUT2D eigenvalue weighted by Crippen LogP contribution is -2.42. The highest BCUT2D eigenvalue weighted by Crippen LogP contribution is 2.23. The molecule has 0 aliphatic carbocycles. The molecule has 170 valence electrons. The number of anilines is 1. The van der Waals surface area contributed by atoms with Crippen molar-refractivity contribution in [3.05, 3.63) is 91.2 Å². The largest absolute Gasteiger partial charge is 0.332 e. The smallest absolute Gasteiger partial charge is 0.323 e. The number of nitrogens with one attached hydrogen (secondary N) is 1. The van der Waals surface area contributed by atoms with Crippen molar-refractivity contribution >= 4 is 34.2 Å². The minimum absolute atomic E-state index is 0.0911. The van der Waals surface area contributed by atoms with Crippen LogP contribution in [0.5, 0.6) is 0 Å². The maximum atomic E-state index is 13.4. The molecule has 2 aromatic carbocycles. The number of carbonyl (C=O) groups excluding carboxylic acids is 1. The SMILES string of the molecule is CCn1nc(C)c2c1c(=O)n(Cc1ccccc1)c(=O)n2CC(=O)Nc1ccc(C)cc1Cl. The van der Waals surface area contributed by atoms with Crippen LogP contribution < -0.4 is 16.6 Å². The van der Waals surface area contributed by atoms with Crippen LogP contribution in [-0.4, -0.2) is 24.8 Å². The average Bonchev–Trinajstić information content (AvgIpc) is 3.13. The third-order valence-electron chi connectivity index (χ3n) is 5.46. The monoisotopic (exact) mass is 465 g/mol. The first-order chi connectivity index (χ1) is 15.8. The lowest BCUT2D eigenvalue weighted by atomic mass is 10.2. The molecule has 9 heteroatoms. The number of amides is 1. The van der Waals surface area contributed by atoms with Gasteiger partial charge in [-0.25, -0.2) is 4.79 Å². The van der Waals surface area contributed by atoms with Gasteiger partial charge in [0.25, 0.3) is 5.56 Å². The van der Waals surface area contributed by atoms with E-state index in [0.717, 1.165) is 15.7 Å². The Kier molecular flexibility index (Phi) is 6.20. The zero-order valence-electron chi connectivity index (χ0n) is 18.6. The van der Waals surface area contributed by atoms with Crippen molar-refractivity contribution in [3.8, 4) is 0 Å². The predicted molar refractivity (Wildman–Crippen MR) is 129 cm³/mol. The molecule has 4 rings (SSSR count). The second-order valence-electron chi connectivity index (χ2n) is 7.88. The maximum Gasteiger partial charge on any atom is 0.332 e. The van der Waals surface area contributed by atoms with E-state index in [1.165, 1.54) is 4.57 Å². The summed E-state index contributed by atoms with van der Waals surface area (Å²) in [5.74, 6) is -0.433. The molecule has 0 bridgehead atoms. The van der Waals surface area contributed by atoms with Crippen LogP contribution in [0.25, 0.3) is 11.0 Å². The predicted octanol–water partition coefficient (Wildman–Crippen LogP) is 3.34. The number of halogens is 1. The average molecular weight is 466 g/mol. The molecule has 0 saturated carbocycles. The molecule has 1 N–H and O–H groups in total. The van der Waals surface area contributed by atoms with Gasteiger partial charge in [-0.05, 0) is 44.0 Å². The number of fused-ring (bicyclic) bond motifs is 1. The topological polar surface area (TPSA) is 90.9 Å². The Bertz CT molecular complexity index is 1470. The Balaban J connectivity index is 1.82. The summed E-state index contributed by atoms with van der Waals surface area (Å²) in [4.78, 5) is 39.7. The first kappa shape index (κ1) is 22.5. The van der Waals surface area contributed by atoms with Gasteiger partial charge in [-0.2, -0.15) is 5.10 Å². The Morgan fingerprint density at radius 2 is 1.76 bits per heavy atom. The van der Waals surface area contributed by atoms with Gasteiger partial charge in [0.05, 0.1) is 22.9 Å². The Morgan fingerprint density at radius 1 is 1.03 bits per heavy atom. The maximum absolute atomic E-state index is 13.4. The normalized spacial score (nSPS) is 11.2. The second kappa shape index (κ2) is 9.07. The third-order valence-corrected chi connectivity index (χ3v) is 5.77. The number of nitrogens with zero attached hydrogens (tertiary/aromatic N) is 4. The van der Waals surface area contributed by atoms with Crippen LogP contribution in [0.3, 0.4) is 0 Å². The molecule has 8 nitrogen and oxygen atoms in total.